The fourth-order valence-electron chi connectivity index (χ4n) is 2.24. The van der Waals surface area contributed by atoms with Gasteiger partial charge in [0, 0.05) is 12.2 Å². The smallest absolute Gasteiger partial charge is 0.239 e. The van der Waals surface area contributed by atoms with E-state index >= 15 is 0 Å². The van der Waals surface area contributed by atoms with E-state index in [2.05, 4.69) is 36.6 Å². The maximum absolute atomic E-state index is 11.9. The third-order valence-corrected chi connectivity index (χ3v) is 3.57. The van der Waals surface area contributed by atoms with Gasteiger partial charge in [0.2, 0.25) is 5.91 Å². The predicted molar refractivity (Wildman–Crippen MR) is 87.3 cm³/mol. The molecule has 0 bridgehead atoms. The van der Waals surface area contributed by atoms with E-state index in [1.807, 2.05) is 36.4 Å². The monoisotopic (exact) mass is 282 g/mol. The highest BCUT2D eigenvalue weighted by atomic mass is 16.1. The zero-order valence-corrected chi connectivity index (χ0v) is 12.6. The number of hydrogen-bond acceptors (Lipinski definition) is 2. The van der Waals surface area contributed by atoms with Crippen LogP contribution in [0.1, 0.15) is 23.6 Å². The summed E-state index contributed by atoms with van der Waals surface area (Å²) in [6.45, 7) is 5.03. The van der Waals surface area contributed by atoms with Gasteiger partial charge in [-0.3, -0.25) is 4.79 Å². The average Bonchev–Trinajstić information content (AvgIpc) is 2.52. The number of benzene rings is 2. The SMILES string of the molecule is CCc1ccccc1NCC(=O)NCc1ccccc1C. The lowest BCUT2D eigenvalue weighted by Crippen LogP contribution is -2.29. The van der Waals surface area contributed by atoms with E-state index in [1.165, 1.54) is 11.1 Å². The third-order valence-electron chi connectivity index (χ3n) is 3.57. The first-order valence-electron chi connectivity index (χ1n) is 7.33. The molecule has 0 spiro atoms. The number of anilines is 1. The maximum atomic E-state index is 11.9. The second kappa shape index (κ2) is 7.48. The Hall–Kier alpha value is -2.29. The Morgan fingerprint density at radius 3 is 2.38 bits per heavy atom. The molecule has 2 N–H and O–H groups in total. The number of amides is 1. The van der Waals surface area contributed by atoms with Crippen LogP contribution < -0.4 is 10.6 Å². The summed E-state index contributed by atoms with van der Waals surface area (Å²) in [7, 11) is 0. The van der Waals surface area contributed by atoms with Crippen LogP contribution >= 0.6 is 0 Å². The first-order valence-corrected chi connectivity index (χ1v) is 7.33. The molecule has 0 fully saturated rings. The lowest BCUT2D eigenvalue weighted by molar-refractivity contribution is -0.119. The second-order valence-electron chi connectivity index (χ2n) is 5.07. The summed E-state index contributed by atoms with van der Waals surface area (Å²) >= 11 is 0. The van der Waals surface area contributed by atoms with Crippen molar-refractivity contribution in [2.75, 3.05) is 11.9 Å². The van der Waals surface area contributed by atoms with Crippen molar-refractivity contribution in [3.63, 3.8) is 0 Å². The Labute approximate surface area is 126 Å². The molecule has 0 aliphatic rings. The molecule has 0 saturated carbocycles. The number of rotatable bonds is 6. The first kappa shape index (κ1) is 15.1. The molecule has 0 atom stereocenters. The van der Waals surface area contributed by atoms with Crippen molar-refractivity contribution in [2.45, 2.75) is 26.8 Å². The largest absolute Gasteiger partial charge is 0.376 e. The highest BCUT2D eigenvalue weighted by molar-refractivity contribution is 5.81. The summed E-state index contributed by atoms with van der Waals surface area (Å²) in [6, 6.07) is 16.2. The van der Waals surface area contributed by atoms with Crippen molar-refractivity contribution in [1.29, 1.82) is 0 Å². The summed E-state index contributed by atoms with van der Waals surface area (Å²) in [4.78, 5) is 11.9. The van der Waals surface area contributed by atoms with Gasteiger partial charge in [-0.2, -0.15) is 0 Å². The number of carbonyl (C=O) groups excluding carboxylic acids is 1. The van der Waals surface area contributed by atoms with Crippen LogP contribution in [-0.4, -0.2) is 12.5 Å². The summed E-state index contributed by atoms with van der Waals surface area (Å²) in [5.41, 5.74) is 4.61. The van der Waals surface area contributed by atoms with Crippen molar-refractivity contribution >= 4 is 11.6 Å². The molecule has 0 aliphatic heterocycles. The molecular weight excluding hydrogens is 260 g/mol. The summed E-state index contributed by atoms with van der Waals surface area (Å²) in [5, 5.41) is 6.15. The number of nitrogens with one attached hydrogen (secondary N) is 2. The maximum Gasteiger partial charge on any atom is 0.239 e. The topological polar surface area (TPSA) is 41.1 Å². The van der Waals surface area contributed by atoms with E-state index in [0.29, 0.717) is 13.1 Å². The third kappa shape index (κ3) is 4.35. The molecule has 0 heterocycles. The summed E-state index contributed by atoms with van der Waals surface area (Å²) in [5.74, 6) is 0.00385. The van der Waals surface area contributed by atoms with Gasteiger partial charge in [0.15, 0.2) is 0 Å². The molecule has 2 aromatic carbocycles. The minimum absolute atomic E-state index is 0.00385. The molecule has 2 aromatic rings. The summed E-state index contributed by atoms with van der Waals surface area (Å²) < 4.78 is 0. The van der Waals surface area contributed by atoms with E-state index in [1.54, 1.807) is 0 Å². The van der Waals surface area contributed by atoms with Crippen molar-refractivity contribution in [1.82, 2.24) is 5.32 Å². The van der Waals surface area contributed by atoms with Crippen LogP contribution in [0.5, 0.6) is 0 Å². The molecule has 0 radical (unpaired) electrons. The number of aryl methyl sites for hydroxylation is 2. The van der Waals surface area contributed by atoms with Gasteiger partial charge < -0.3 is 10.6 Å². The van der Waals surface area contributed by atoms with Crippen LogP contribution in [0.3, 0.4) is 0 Å². The van der Waals surface area contributed by atoms with Crippen LogP contribution in [0.2, 0.25) is 0 Å². The highest BCUT2D eigenvalue weighted by Gasteiger charge is 2.04. The Kier molecular flexibility index (Phi) is 5.38. The van der Waals surface area contributed by atoms with Crippen molar-refractivity contribution in [3.05, 3.63) is 65.2 Å². The van der Waals surface area contributed by atoms with Crippen LogP contribution in [0, 0.1) is 6.92 Å². The molecular formula is C18H22N2O. The molecule has 1 amide bonds. The van der Waals surface area contributed by atoms with Gasteiger partial charge in [-0.1, -0.05) is 49.4 Å². The van der Waals surface area contributed by atoms with Gasteiger partial charge in [-0.25, -0.2) is 0 Å². The Bertz CT molecular complexity index is 608. The van der Waals surface area contributed by atoms with Crippen LogP contribution in [0.25, 0.3) is 0 Å². The Morgan fingerprint density at radius 2 is 1.67 bits per heavy atom. The van der Waals surface area contributed by atoms with Crippen molar-refractivity contribution in [2.24, 2.45) is 0 Å². The lowest BCUT2D eigenvalue weighted by atomic mass is 10.1. The van der Waals surface area contributed by atoms with Gasteiger partial charge in [0.05, 0.1) is 6.54 Å². The molecule has 0 saturated heterocycles. The lowest BCUT2D eigenvalue weighted by Gasteiger charge is -2.11. The fourth-order valence-corrected chi connectivity index (χ4v) is 2.24. The van der Waals surface area contributed by atoms with Crippen LogP contribution in [0.4, 0.5) is 5.69 Å². The molecule has 0 aromatic heterocycles. The average molecular weight is 282 g/mol. The fraction of sp³-hybridized carbons (Fsp3) is 0.278. The van der Waals surface area contributed by atoms with E-state index in [0.717, 1.165) is 17.7 Å². The molecule has 0 aliphatic carbocycles. The van der Waals surface area contributed by atoms with E-state index in [4.69, 9.17) is 0 Å². The molecule has 3 heteroatoms. The van der Waals surface area contributed by atoms with Gasteiger partial charge >= 0.3 is 0 Å². The van der Waals surface area contributed by atoms with Crippen LogP contribution in [0.15, 0.2) is 48.5 Å². The zero-order chi connectivity index (χ0) is 15.1. The first-order chi connectivity index (χ1) is 10.2. The van der Waals surface area contributed by atoms with E-state index in [9.17, 15) is 4.79 Å². The minimum atomic E-state index is 0.00385. The highest BCUT2D eigenvalue weighted by Crippen LogP contribution is 2.14. The Morgan fingerprint density at radius 1 is 1.00 bits per heavy atom. The second-order valence-corrected chi connectivity index (χ2v) is 5.07. The van der Waals surface area contributed by atoms with Crippen molar-refractivity contribution in [3.8, 4) is 0 Å². The molecule has 21 heavy (non-hydrogen) atoms. The van der Waals surface area contributed by atoms with Gasteiger partial charge in [0.1, 0.15) is 0 Å². The quantitative estimate of drug-likeness (QED) is 0.853. The molecule has 3 nitrogen and oxygen atoms in total. The normalized spacial score (nSPS) is 10.2. The van der Waals surface area contributed by atoms with E-state index in [-0.39, 0.29) is 5.91 Å². The summed E-state index contributed by atoms with van der Waals surface area (Å²) in [6.07, 6.45) is 0.952. The van der Waals surface area contributed by atoms with Gasteiger partial charge in [-0.05, 0) is 36.1 Å². The standard InChI is InChI=1S/C18H22N2O/c1-3-15-9-6-7-11-17(15)19-13-18(21)20-12-16-10-5-4-8-14(16)2/h4-11,19H,3,12-13H2,1-2H3,(H,20,21). The Balaban J connectivity index is 1.84. The van der Waals surface area contributed by atoms with Gasteiger partial charge in [0.25, 0.3) is 0 Å². The van der Waals surface area contributed by atoms with Gasteiger partial charge in [-0.15, -0.1) is 0 Å². The molecule has 2 rings (SSSR count). The minimum Gasteiger partial charge on any atom is -0.376 e. The van der Waals surface area contributed by atoms with Crippen LogP contribution in [-0.2, 0) is 17.8 Å². The van der Waals surface area contributed by atoms with Crippen molar-refractivity contribution < 1.29 is 4.79 Å². The number of carbonyl (C=O) groups is 1. The van der Waals surface area contributed by atoms with E-state index < -0.39 is 0 Å². The predicted octanol–water partition coefficient (Wildman–Crippen LogP) is 3.29. The molecule has 0 unspecified atom stereocenters. The number of hydrogen-bond donors (Lipinski definition) is 2. The number of para-hydroxylation sites is 1. The zero-order valence-electron chi connectivity index (χ0n) is 12.6. The molecule has 110 valence electrons.